The first-order valence-electron chi connectivity index (χ1n) is 10.9. The summed E-state index contributed by atoms with van der Waals surface area (Å²) in [7, 11) is 0. The molecule has 0 spiro atoms. The Morgan fingerprint density at radius 1 is 1.21 bits per heavy atom. The van der Waals surface area contributed by atoms with E-state index >= 15 is 0 Å². The number of hydrogen-bond acceptors (Lipinski definition) is 6. The molecule has 11 heteroatoms. The van der Waals surface area contributed by atoms with E-state index in [2.05, 4.69) is 15.1 Å². The van der Waals surface area contributed by atoms with E-state index < -0.39 is 41.8 Å². The van der Waals surface area contributed by atoms with Crippen molar-refractivity contribution >= 4 is 40.7 Å². The number of nitrogens with zero attached hydrogens (tertiary/aromatic N) is 2. The van der Waals surface area contributed by atoms with Gasteiger partial charge in [0, 0.05) is 36.4 Å². The molecule has 0 aliphatic rings. The second-order valence-corrected chi connectivity index (χ2v) is 7.94. The Labute approximate surface area is 196 Å². The monoisotopic (exact) mass is 471 g/mol. The van der Waals surface area contributed by atoms with Crippen LogP contribution in [0.4, 0.5) is 0 Å². The molecule has 0 unspecified atom stereocenters. The van der Waals surface area contributed by atoms with Crippen LogP contribution in [0.25, 0.3) is 16.4 Å². The van der Waals surface area contributed by atoms with E-state index in [4.69, 9.17) is 20.7 Å². The highest BCUT2D eigenvalue weighted by atomic mass is 16.5. The van der Waals surface area contributed by atoms with Crippen molar-refractivity contribution in [3.63, 3.8) is 0 Å². The van der Waals surface area contributed by atoms with Crippen LogP contribution in [-0.4, -0.2) is 64.4 Å². The van der Waals surface area contributed by atoms with Crippen molar-refractivity contribution in [2.24, 2.45) is 5.73 Å². The van der Waals surface area contributed by atoms with E-state index in [9.17, 15) is 19.2 Å². The highest BCUT2D eigenvalue weighted by molar-refractivity contribution is 6.25. The number of aromatic amines is 1. The van der Waals surface area contributed by atoms with Crippen LogP contribution in [0.5, 0.6) is 0 Å². The summed E-state index contributed by atoms with van der Waals surface area (Å²) in [5, 5.41) is 3.50. The van der Waals surface area contributed by atoms with Gasteiger partial charge in [-0.1, -0.05) is 18.2 Å². The number of primary amides is 1. The Bertz CT molecular complexity index is 1070. The molecule has 1 aromatic heterocycles. The minimum atomic E-state index is -1.13. The normalized spacial score (nSPS) is 12.6. The van der Waals surface area contributed by atoms with Crippen LogP contribution < -0.4 is 11.1 Å². The number of carbonyl (C=O) groups excluding carboxylic acids is 4. The Kier molecular flexibility index (Phi) is 10.1. The molecule has 0 aliphatic heterocycles. The Morgan fingerprint density at radius 3 is 2.62 bits per heavy atom. The fourth-order valence-electron chi connectivity index (χ4n) is 3.27. The van der Waals surface area contributed by atoms with Gasteiger partial charge in [-0.3, -0.25) is 14.4 Å². The zero-order chi connectivity index (χ0) is 25.1. The summed E-state index contributed by atoms with van der Waals surface area (Å²) in [6.45, 7) is 3.24. The van der Waals surface area contributed by atoms with Crippen molar-refractivity contribution < 1.29 is 33.4 Å². The minimum Gasteiger partial charge on any atom is -0.461 e. The van der Waals surface area contributed by atoms with Gasteiger partial charge in [-0.05, 0) is 31.9 Å². The SMILES string of the molecule is CC(C)OC(=O)[C@H](CCC(=O)C=[N+]=[N-])NC(=O)[C@H](Cc1c[nH]c2ccccc12)OCCC(N)=O. The number of rotatable bonds is 14. The van der Waals surface area contributed by atoms with Crippen LogP contribution >= 0.6 is 0 Å². The first kappa shape index (κ1) is 26.4. The van der Waals surface area contributed by atoms with Gasteiger partial charge in [0.25, 0.3) is 0 Å². The maximum absolute atomic E-state index is 13.1. The topological polar surface area (TPSA) is 177 Å². The quantitative estimate of drug-likeness (QED) is 0.160. The molecular weight excluding hydrogens is 442 g/mol. The van der Waals surface area contributed by atoms with Gasteiger partial charge in [0.2, 0.25) is 17.6 Å². The summed E-state index contributed by atoms with van der Waals surface area (Å²) in [6.07, 6.45) is 0.876. The van der Waals surface area contributed by atoms with Gasteiger partial charge >= 0.3 is 12.2 Å². The number of esters is 1. The van der Waals surface area contributed by atoms with Crippen molar-refractivity contribution in [3.05, 3.63) is 41.6 Å². The number of H-pyrrole nitrogens is 1. The summed E-state index contributed by atoms with van der Waals surface area (Å²) in [5.41, 5.74) is 15.4. The van der Waals surface area contributed by atoms with E-state index in [1.165, 1.54) is 0 Å². The molecule has 0 aliphatic carbocycles. The number of nitrogens with two attached hydrogens (primary N) is 1. The number of nitrogens with one attached hydrogen (secondary N) is 2. The Balaban J connectivity index is 2.20. The van der Waals surface area contributed by atoms with Crippen molar-refractivity contribution in [1.29, 1.82) is 0 Å². The molecule has 0 bridgehead atoms. The number of benzene rings is 1. The highest BCUT2D eigenvalue weighted by Crippen LogP contribution is 2.20. The van der Waals surface area contributed by atoms with Crippen molar-refractivity contribution in [2.45, 2.75) is 57.8 Å². The van der Waals surface area contributed by atoms with E-state index in [1.54, 1.807) is 20.0 Å². The van der Waals surface area contributed by atoms with E-state index in [1.807, 2.05) is 24.3 Å². The van der Waals surface area contributed by atoms with E-state index in [0.29, 0.717) is 0 Å². The van der Waals surface area contributed by atoms with E-state index in [0.717, 1.165) is 22.7 Å². The molecule has 2 atom stereocenters. The average Bonchev–Trinajstić information content (AvgIpc) is 3.18. The number of amides is 2. The van der Waals surface area contributed by atoms with Crippen LogP contribution in [0.15, 0.2) is 30.5 Å². The van der Waals surface area contributed by atoms with Crippen LogP contribution in [0.3, 0.4) is 0 Å². The number of ketones is 1. The van der Waals surface area contributed by atoms with Crippen molar-refractivity contribution in [1.82, 2.24) is 10.3 Å². The highest BCUT2D eigenvalue weighted by Gasteiger charge is 2.29. The standard InChI is InChI=1S/C23H29N5O6/c1-14(2)34-23(32)19(8-7-16(29)13-27-25)28-22(31)20(33-10-9-21(24)30)11-15-12-26-18-6-4-3-5-17(15)18/h3-6,12-14,19-20,26H,7-11H2,1-2H3,(H2,24,30)(H,28,31)/t19-,20-/m0/s1. The van der Waals surface area contributed by atoms with Crippen LogP contribution in [0, 0.1) is 0 Å². The van der Waals surface area contributed by atoms with Crippen LogP contribution in [-0.2, 0) is 35.1 Å². The number of carbonyl (C=O) groups is 4. The minimum absolute atomic E-state index is 0.0662. The van der Waals surface area contributed by atoms with Gasteiger partial charge in [0.15, 0.2) is 0 Å². The second kappa shape index (κ2) is 13.0. The number of Topliss-reactive ketones (excluding diaryl/α,β-unsaturated/α-hetero) is 1. The molecule has 11 nitrogen and oxygen atoms in total. The zero-order valence-corrected chi connectivity index (χ0v) is 19.2. The molecule has 34 heavy (non-hydrogen) atoms. The third-order valence-corrected chi connectivity index (χ3v) is 4.87. The molecule has 4 N–H and O–H groups in total. The van der Waals surface area contributed by atoms with Gasteiger partial charge in [-0.2, -0.15) is 4.79 Å². The lowest BCUT2D eigenvalue weighted by atomic mass is 10.0. The number of para-hydroxylation sites is 1. The Hall–Kier alpha value is -3.82. The molecule has 182 valence electrons. The lowest BCUT2D eigenvalue weighted by Gasteiger charge is -2.22. The molecule has 0 saturated carbocycles. The lowest BCUT2D eigenvalue weighted by Crippen LogP contribution is -2.48. The summed E-state index contributed by atoms with van der Waals surface area (Å²) in [6, 6.07) is 6.41. The fraction of sp³-hybridized carbons (Fsp3) is 0.435. The molecule has 2 aromatic rings. The predicted molar refractivity (Wildman–Crippen MR) is 123 cm³/mol. The fourth-order valence-corrected chi connectivity index (χ4v) is 3.27. The first-order chi connectivity index (χ1) is 16.2. The van der Waals surface area contributed by atoms with E-state index in [-0.39, 0.29) is 32.3 Å². The third-order valence-electron chi connectivity index (χ3n) is 4.87. The molecule has 1 heterocycles. The maximum atomic E-state index is 13.1. The molecule has 2 amide bonds. The molecule has 2 rings (SSSR count). The smallest absolute Gasteiger partial charge is 0.328 e. The molecular formula is C23H29N5O6. The van der Waals surface area contributed by atoms with Crippen molar-refractivity contribution in [2.75, 3.05) is 6.61 Å². The summed E-state index contributed by atoms with van der Waals surface area (Å²) in [5.74, 6) is -2.41. The number of ether oxygens (including phenoxy) is 2. The molecule has 0 fully saturated rings. The van der Waals surface area contributed by atoms with Crippen LogP contribution in [0.1, 0.15) is 38.7 Å². The van der Waals surface area contributed by atoms with Gasteiger partial charge in [0.1, 0.15) is 12.1 Å². The summed E-state index contributed by atoms with van der Waals surface area (Å²) < 4.78 is 10.9. The number of fused-ring (bicyclic) bond motifs is 1. The number of hydrogen-bond donors (Lipinski definition) is 3. The Morgan fingerprint density at radius 2 is 1.94 bits per heavy atom. The predicted octanol–water partition coefficient (Wildman–Crippen LogP) is 1.06. The first-order valence-corrected chi connectivity index (χ1v) is 10.9. The zero-order valence-electron chi connectivity index (χ0n) is 19.2. The summed E-state index contributed by atoms with van der Waals surface area (Å²) >= 11 is 0. The van der Waals surface area contributed by atoms with Gasteiger partial charge in [-0.15, -0.1) is 0 Å². The maximum Gasteiger partial charge on any atom is 0.328 e. The van der Waals surface area contributed by atoms with Gasteiger partial charge < -0.3 is 31.0 Å². The number of aromatic nitrogens is 1. The second-order valence-electron chi connectivity index (χ2n) is 7.94. The van der Waals surface area contributed by atoms with Gasteiger partial charge in [0.05, 0.1) is 12.7 Å². The third kappa shape index (κ3) is 8.27. The summed E-state index contributed by atoms with van der Waals surface area (Å²) in [4.78, 5) is 54.3. The lowest BCUT2D eigenvalue weighted by molar-refractivity contribution is -0.153. The molecule has 0 saturated heterocycles. The largest absolute Gasteiger partial charge is 0.461 e. The molecule has 1 aromatic carbocycles. The van der Waals surface area contributed by atoms with Gasteiger partial charge in [-0.25, -0.2) is 4.79 Å². The molecule has 0 radical (unpaired) electrons. The average molecular weight is 472 g/mol. The van der Waals surface area contributed by atoms with Crippen molar-refractivity contribution in [3.8, 4) is 0 Å². The van der Waals surface area contributed by atoms with Crippen LogP contribution in [0.2, 0.25) is 0 Å².